The Hall–Kier alpha value is -2.55. The minimum absolute atomic E-state index is 0.127. The average molecular weight is 337 g/mol. The van der Waals surface area contributed by atoms with Crippen LogP contribution < -0.4 is 10.1 Å². The Bertz CT molecular complexity index is 739. The molecule has 0 aliphatic carbocycles. The lowest BCUT2D eigenvalue weighted by atomic mass is 9.87. The van der Waals surface area contributed by atoms with Gasteiger partial charge in [-0.3, -0.25) is 4.79 Å². The fourth-order valence-electron chi connectivity index (χ4n) is 2.63. The first-order chi connectivity index (χ1) is 11.8. The van der Waals surface area contributed by atoms with E-state index in [-0.39, 0.29) is 17.4 Å². The summed E-state index contributed by atoms with van der Waals surface area (Å²) in [6.07, 6.45) is 3.40. The standard InChI is InChI=1S/C22H27NO2/c1-16(19-8-6-7-9-20(19)25-5)23-21(24)15-12-17-10-13-18(14-11-17)22(2,3)4/h6-16H,1-5H3,(H,23,24)/b15-12+. The second-order valence-corrected chi connectivity index (χ2v) is 7.18. The molecule has 0 aliphatic rings. The number of hydrogen-bond acceptors (Lipinski definition) is 2. The summed E-state index contributed by atoms with van der Waals surface area (Å²) >= 11 is 0. The van der Waals surface area contributed by atoms with Crippen LogP contribution in [0, 0.1) is 0 Å². The van der Waals surface area contributed by atoms with E-state index < -0.39 is 0 Å². The lowest BCUT2D eigenvalue weighted by molar-refractivity contribution is -0.117. The molecule has 1 unspecified atom stereocenters. The molecule has 2 aromatic carbocycles. The van der Waals surface area contributed by atoms with Gasteiger partial charge in [0, 0.05) is 11.6 Å². The SMILES string of the molecule is COc1ccccc1C(C)NC(=O)/C=C/c1ccc(C(C)(C)C)cc1. The molecule has 1 amide bonds. The van der Waals surface area contributed by atoms with Gasteiger partial charge in [-0.25, -0.2) is 0 Å². The molecule has 0 heterocycles. The highest BCUT2D eigenvalue weighted by Crippen LogP contribution is 2.24. The van der Waals surface area contributed by atoms with Gasteiger partial charge in [0.2, 0.25) is 5.91 Å². The van der Waals surface area contributed by atoms with E-state index in [0.29, 0.717) is 0 Å². The van der Waals surface area contributed by atoms with Crippen LogP contribution in [0.4, 0.5) is 0 Å². The average Bonchev–Trinajstić information content (AvgIpc) is 2.59. The smallest absolute Gasteiger partial charge is 0.244 e. The van der Waals surface area contributed by atoms with Crippen LogP contribution in [0.25, 0.3) is 6.08 Å². The normalized spacial score (nSPS) is 12.8. The summed E-state index contributed by atoms with van der Waals surface area (Å²) in [6, 6.07) is 15.9. The second kappa shape index (κ2) is 8.02. The minimum atomic E-state index is -0.128. The number of carbonyl (C=O) groups excluding carboxylic acids is 1. The van der Waals surface area contributed by atoms with Crippen molar-refractivity contribution in [3.05, 3.63) is 71.3 Å². The summed E-state index contributed by atoms with van der Waals surface area (Å²) in [5.74, 6) is 0.648. The Morgan fingerprint density at radius 2 is 1.72 bits per heavy atom. The molecule has 0 saturated carbocycles. The van der Waals surface area contributed by atoms with Gasteiger partial charge in [0.05, 0.1) is 13.2 Å². The second-order valence-electron chi connectivity index (χ2n) is 7.18. The van der Waals surface area contributed by atoms with Gasteiger partial charge in [-0.2, -0.15) is 0 Å². The monoisotopic (exact) mass is 337 g/mol. The highest BCUT2D eigenvalue weighted by atomic mass is 16.5. The molecule has 0 fully saturated rings. The van der Waals surface area contributed by atoms with Crippen molar-refractivity contribution in [1.82, 2.24) is 5.32 Å². The minimum Gasteiger partial charge on any atom is -0.496 e. The lowest BCUT2D eigenvalue weighted by Gasteiger charge is -2.18. The van der Waals surface area contributed by atoms with E-state index in [2.05, 4.69) is 38.2 Å². The van der Waals surface area contributed by atoms with Gasteiger partial charge in [0.25, 0.3) is 0 Å². The zero-order valence-electron chi connectivity index (χ0n) is 15.7. The Morgan fingerprint density at radius 1 is 1.08 bits per heavy atom. The number of rotatable bonds is 5. The molecule has 1 N–H and O–H groups in total. The molecule has 0 radical (unpaired) electrons. The van der Waals surface area contributed by atoms with Crippen LogP contribution in [0.3, 0.4) is 0 Å². The summed E-state index contributed by atoms with van der Waals surface area (Å²) < 4.78 is 5.35. The molecule has 2 rings (SSSR count). The molecular formula is C22H27NO2. The van der Waals surface area contributed by atoms with E-state index >= 15 is 0 Å². The maximum atomic E-state index is 12.2. The number of ether oxygens (including phenoxy) is 1. The van der Waals surface area contributed by atoms with E-state index in [9.17, 15) is 4.79 Å². The first-order valence-electron chi connectivity index (χ1n) is 8.53. The van der Waals surface area contributed by atoms with Crippen molar-refractivity contribution in [3.63, 3.8) is 0 Å². The van der Waals surface area contributed by atoms with Crippen LogP contribution in [0.2, 0.25) is 0 Å². The van der Waals surface area contributed by atoms with Gasteiger partial charge in [0.1, 0.15) is 5.75 Å². The molecule has 0 saturated heterocycles. The lowest BCUT2D eigenvalue weighted by Crippen LogP contribution is -2.24. The highest BCUT2D eigenvalue weighted by molar-refractivity contribution is 5.92. The van der Waals surface area contributed by atoms with E-state index in [1.807, 2.05) is 49.4 Å². The molecule has 1 atom stereocenters. The van der Waals surface area contributed by atoms with Gasteiger partial charge in [0.15, 0.2) is 0 Å². The summed E-state index contributed by atoms with van der Waals surface area (Å²) in [5.41, 5.74) is 3.37. The Balaban J connectivity index is 2.01. The summed E-state index contributed by atoms with van der Waals surface area (Å²) in [4.78, 5) is 12.2. The fraction of sp³-hybridized carbons (Fsp3) is 0.318. The van der Waals surface area contributed by atoms with Gasteiger partial charge in [-0.05, 0) is 35.6 Å². The van der Waals surface area contributed by atoms with Gasteiger partial charge in [-0.1, -0.05) is 63.2 Å². The van der Waals surface area contributed by atoms with Crippen molar-refractivity contribution in [2.45, 2.75) is 39.2 Å². The number of para-hydroxylation sites is 1. The molecule has 0 aromatic heterocycles. The van der Waals surface area contributed by atoms with Crippen LogP contribution in [0.1, 0.15) is 50.4 Å². The largest absolute Gasteiger partial charge is 0.496 e. The van der Waals surface area contributed by atoms with Crippen LogP contribution >= 0.6 is 0 Å². The van der Waals surface area contributed by atoms with E-state index in [0.717, 1.165) is 16.9 Å². The highest BCUT2D eigenvalue weighted by Gasteiger charge is 2.13. The molecule has 132 valence electrons. The summed E-state index contributed by atoms with van der Waals surface area (Å²) in [6.45, 7) is 8.50. The van der Waals surface area contributed by atoms with Crippen LogP contribution in [-0.4, -0.2) is 13.0 Å². The fourth-order valence-corrected chi connectivity index (χ4v) is 2.63. The first-order valence-corrected chi connectivity index (χ1v) is 8.53. The number of carbonyl (C=O) groups is 1. The van der Waals surface area contributed by atoms with E-state index in [1.165, 1.54) is 5.56 Å². The zero-order valence-corrected chi connectivity index (χ0v) is 15.7. The number of nitrogens with one attached hydrogen (secondary N) is 1. The zero-order chi connectivity index (χ0) is 18.4. The maximum absolute atomic E-state index is 12.2. The summed E-state index contributed by atoms with van der Waals surface area (Å²) in [7, 11) is 1.63. The third-order valence-electron chi connectivity index (χ3n) is 4.17. The van der Waals surface area contributed by atoms with Crippen molar-refractivity contribution in [2.24, 2.45) is 0 Å². The molecule has 2 aromatic rings. The van der Waals surface area contributed by atoms with E-state index in [1.54, 1.807) is 13.2 Å². The van der Waals surface area contributed by atoms with Crippen molar-refractivity contribution in [2.75, 3.05) is 7.11 Å². The van der Waals surface area contributed by atoms with Gasteiger partial charge >= 0.3 is 0 Å². The number of amides is 1. The predicted molar refractivity (Wildman–Crippen MR) is 104 cm³/mol. The van der Waals surface area contributed by atoms with Gasteiger partial charge < -0.3 is 10.1 Å². The Labute approximate surface area is 150 Å². The Morgan fingerprint density at radius 3 is 2.32 bits per heavy atom. The number of methoxy groups -OCH3 is 1. The first kappa shape index (κ1) is 18.8. The van der Waals surface area contributed by atoms with Crippen molar-refractivity contribution in [3.8, 4) is 5.75 Å². The van der Waals surface area contributed by atoms with Crippen LogP contribution in [-0.2, 0) is 10.2 Å². The molecule has 3 nitrogen and oxygen atoms in total. The van der Waals surface area contributed by atoms with E-state index in [4.69, 9.17) is 4.74 Å². The number of hydrogen-bond donors (Lipinski definition) is 1. The quantitative estimate of drug-likeness (QED) is 0.789. The Kier molecular flexibility index (Phi) is 6.02. The van der Waals surface area contributed by atoms with Crippen molar-refractivity contribution < 1.29 is 9.53 Å². The molecule has 0 aliphatic heterocycles. The van der Waals surface area contributed by atoms with Crippen LogP contribution in [0.5, 0.6) is 5.75 Å². The van der Waals surface area contributed by atoms with Gasteiger partial charge in [-0.15, -0.1) is 0 Å². The van der Waals surface area contributed by atoms with Crippen LogP contribution in [0.15, 0.2) is 54.6 Å². The molecule has 0 bridgehead atoms. The molecular weight excluding hydrogens is 310 g/mol. The topological polar surface area (TPSA) is 38.3 Å². The van der Waals surface area contributed by atoms with Crippen molar-refractivity contribution in [1.29, 1.82) is 0 Å². The third kappa shape index (κ3) is 5.21. The number of benzene rings is 2. The summed E-state index contributed by atoms with van der Waals surface area (Å²) in [5, 5.41) is 2.97. The van der Waals surface area contributed by atoms with Crippen molar-refractivity contribution >= 4 is 12.0 Å². The third-order valence-corrected chi connectivity index (χ3v) is 4.17. The molecule has 0 spiro atoms. The molecule has 3 heteroatoms. The molecule has 25 heavy (non-hydrogen) atoms. The predicted octanol–water partition coefficient (Wildman–Crippen LogP) is 4.88. The maximum Gasteiger partial charge on any atom is 0.244 e.